The van der Waals surface area contributed by atoms with Crippen LogP contribution < -0.4 is 5.43 Å². The van der Waals surface area contributed by atoms with Crippen molar-refractivity contribution in [1.82, 2.24) is 5.43 Å². The standard InChI is InChI=1S/C12H13F3N2O/c1-3-8(2)16-17-11(18)9-4-6-10(7-5-9)12(13,14)15/h4-7H,3H2,1-2H3,(H,17,18)/b16-8+. The second-order valence-corrected chi connectivity index (χ2v) is 3.72. The fraction of sp³-hybridized carbons (Fsp3) is 0.333. The van der Waals surface area contributed by atoms with Crippen LogP contribution in [0.3, 0.4) is 0 Å². The molecule has 0 spiro atoms. The number of rotatable bonds is 3. The molecule has 18 heavy (non-hydrogen) atoms. The van der Waals surface area contributed by atoms with E-state index in [4.69, 9.17) is 0 Å². The van der Waals surface area contributed by atoms with Crippen LogP contribution >= 0.6 is 0 Å². The molecule has 98 valence electrons. The highest BCUT2D eigenvalue weighted by atomic mass is 19.4. The van der Waals surface area contributed by atoms with Crippen molar-refractivity contribution < 1.29 is 18.0 Å². The summed E-state index contributed by atoms with van der Waals surface area (Å²) in [5.41, 5.74) is 2.36. The average Bonchev–Trinajstić information content (AvgIpc) is 2.34. The zero-order valence-corrected chi connectivity index (χ0v) is 10.0. The number of nitrogens with one attached hydrogen (secondary N) is 1. The summed E-state index contributed by atoms with van der Waals surface area (Å²) >= 11 is 0. The van der Waals surface area contributed by atoms with E-state index in [-0.39, 0.29) is 5.56 Å². The first kappa shape index (κ1) is 14.2. The molecule has 0 saturated carbocycles. The molecular weight excluding hydrogens is 245 g/mol. The molecule has 0 aliphatic heterocycles. The molecule has 6 heteroatoms. The van der Waals surface area contributed by atoms with Crippen LogP contribution in [0.2, 0.25) is 0 Å². The van der Waals surface area contributed by atoms with E-state index < -0.39 is 17.6 Å². The highest BCUT2D eigenvalue weighted by molar-refractivity contribution is 5.95. The van der Waals surface area contributed by atoms with E-state index in [0.29, 0.717) is 6.42 Å². The van der Waals surface area contributed by atoms with Gasteiger partial charge in [-0.2, -0.15) is 18.3 Å². The Bertz CT molecular complexity index is 449. The maximum atomic E-state index is 12.3. The maximum Gasteiger partial charge on any atom is 0.416 e. The Morgan fingerprint density at radius 1 is 1.28 bits per heavy atom. The Balaban J connectivity index is 2.77. The van der Waals surface area contributed by atoms with Gasteiger partial charge in [-0.1, -0.05) is 6.92 Å². The molecule has 0 atom stereocenters. The Hall–Kier alpha value is -1.85. The van der Waals surface area contributed by atoms with Crippen molar-refractivity contribution in [3.63, 3.8) is 0 Å². The van der Waals surface area contributed by atoms with Gasteiger partial charge in [0, 0.05) is 11.3 Å². The molecule has 1 aromatic rings. The fourth-order valence-electron chi connectivity index (χ4n) is 1.10. The molecule has 0 unspecified atom stereocenters. The number of halogens is 3. The second-order valence-electron chi connectivity index (χ2n) is 3.72. The monoisotopic (exact) mass is 258 g/mol. The summed E-state index contributed by atoms with van der Waals surface area (Å²) in [7, 11) is 0. The molecule has 3 nitrogen and oxygen atoms in total. The van der Waals surface area contributed by atoms with Gasteiger partial charge in [-0.15, -0.1) is 0 Å². The van der Waals surface area contributed by atoms with Crippen LogP contribution in [0.1, 0.15) is 36.2 Å². The predicted octanol–water partition coefficient (Wildman–Crippen LogP) is 3.22. The molecule has 0 aromatic heterocycles. The molecule has 0 heterocycles. The van der Waals surface area contributed by atoms with E-state index in [1.807, 2.05) is 6.92 Å². The summed E-state index contributed by atoms with van der Waals surface area (Å²) in [5, 5.41) is 3.79. The maximum absolute atomic E-state index is 12.3. The number of benzene rings is 1. The Labute approximate surface area is 103 Å². The van der Waals surface area contributed by atoms with Crippen LogP contribution in [0.5, 0.6) is 0 Å². The van der Waals surface area contributed by atoms with Crippen molar-refractivity contribution in [3.8, 4) is 0 Å². The van der Waals surface area contributed by atoms with Crippen molar-refractivity contribution in [2.75, 3.05) is 0 Å². The van der Waals surface area contributed by atoms with Gasteiger partial charge in [-0.25, -0.2) is 5.43 Å². The molecular formula is C12H13F3N2O. The lowest BCUT2D eigenvalue weighted by molar-refractivity contribution is -0.137. The summed E-state index contributed by atoms with van der Waals surface area (Å²) in [5.74, 6) is -0.531. The zero-order chi connectivity index (χ0) is 13.8. The minimum absolute atomic E-state index is 0.135. The zero-order valence-electron chi connectivity index (χ0n) is 10.0. The van der Waals surface area contributed by atoms with Crippen LogP contribution in [-0.4, -0.2) is 11.6 Å². The van der Waals surface area contributed by atoms with Gasteiger partial charge in [0.2, 0.25) is 0 Å². The summed E-state index contributed by atoms with van der Waals surface area (Å²) in [6, 6.07) is 3.97. The second kappa shape index (κ2) is 5.66. The molecule has 0 aliphatic carbocycles. The van der Waals surface area contributed by atoms with E-state index >= 15 is 0 Å². The quantitative estimate of drug-likeness (QED) is 0.656. The summed E-state index contributed by atoms with van der Waals surface area (Å²) < 4.78 is 36.9. The number of amides is 1. The van der Waals surface area contributed by atoms with E-state index in [1.165, 1.54) is 0 Å². The Morgan fingerprint density at radius 3 is 2.28 bits per heavy atom. The van der Waals surface area contributed by atoms with Crippen molar-refractivity contribution in [1.29, 1.82) is 0 Å². The first-order chi connectivity index (χ1) is 8.34. The smallest absolute Gasteiger partial charge is 0.267 e. The molecule has 1 rings (SSSR count). The van der Waals surface area contributed by atoms with Gasteiger partial charge in [-0.3, -0.25) is 4.79 Å². The van der Waals surface area contributed by atoms with Gasteiger partial charge < -0.3 is 0 Å². The van der Waals surface area contributed by atoms with E-state index in [1.54, 1.807) is 6.92 Å². The third-order valence-electron chi connectivity index (χ3n) is 2.33. The van der Waals surface area contributed by atoms with Crippen molar-refractivity contribution in [2.24, 2.45) is 5.10 Å². The Morgan fingerprint density at radius 2 is 1.83 bits per heavy atom. The van der Waals surface area contributed by atoms with Crippen molar-refractivity contribution in [2.45, 2.75) is 26.4 Å². The van der Waals surface area contributed by atoms with Gasteiger partial charge >= 0.3 is 6.18 Å². The molecule has 0 saturated heterocycles. The van der Waals surface area contributed by atoms with Crippen LogP contribution in [0.15, 0.2) is 29.4 Å². The lowest BCUT2D eigenvalue weighted by Gasteiger charge is -2.07. The third-order valence-corrected chi connectivity index (χ3v) is 2.33. The largest absolute Gasteiger partial charge is 0.416 e. The summed E-state index contributed by atoms with van der Waals surface area (Å²) in [4.78, 5) is 11.5. The molecule has 1 amide bonds. The molecule has 0 radical (unpaired) electrons. The molecule has 1 aromatic carbocycles. The predicted molar refractivity (Wildman–Crippen MR) is 62.3 cm³/mol. The van der Waals surface area contributed by atoms with Crippen molar-refractivity contribution in [3.05, 3.63) is 35.4 Å². The number of nitrogens with zero attached hydrogens (tertiary/aromatic N) is 1. The summed E-state index contributed by atoms with van der Waals surface area (Å²) in [6.45, 7) is 3.62. The van der Waals surface area contributed by atoms with Gasteiger partial charge in [-0.05, 0) is 37.6 Å². The molecule has 1 N–H and O–H groups in total. The minimum Gasteiger partial charge on any atom is -0.267 e. The fourth-order valence-corrected chi connectivity index (χ4v) is 1.10. The van der Waals surface area contributed by atoms with Crippen LogP contribution in [0, 0.1) is 0 Å². The van der Waals surface area contributed by atoms with E-state index in [0.717, 1.165) is 30.0 Å². The number of hydrogen-bond donors (Lipinski definition) is 1. The number of carbonyl (C=O) groups excluding carboxylic acids is 1. The van der Waals surface area contributed by atoms with E-state index in [9.17, 15) is 18.0 Å². The number of hydrazone groups is 1. The molecule has 0 aliphatic rings. The highest BCUT2D eigenvalue weighted by Crippen LogP contribution is 2.28. The average molecular weight is 258 g/mol. The normalized spacial score (nSPS) is 12.4. The van der Waals surface area contributed by atoms with Crippen LogP contribution in [0.25, 0.3) is 0 Å². The topological polar surface area (TPSA) is 41.5 Å². The highest BCUT2D eigenvalue weighted by Gasteiger charge is 2.30. The Kier molecular flexibility index (Phi) is 4.47. The lowest BCUT2D eigenvalue weighted by atomic mass is 10.1. The molecule has 0 bridgehead atoms. The number of hydrogen-bond acceptors (Lipinski definition) is 2. The third kappa shape index (κ3) is 3.87. The van der Waals surface area contributed by atoms with Gasteiger partial charge in [0.1, 0.15) is 0 Å². The number of carbonyl (C=O) groups is 1. The SMILES string of the molecule is CC/C(C)=N/NC(=O)c1ccc(C(F)(F)F)cc1. The van der Waals surface area contributed by atoms with Crippen LogP contribution in [0.4, 0.5) is 13.2 Å². The summed E-state index contributed by atoms with van der Waals surface area (Å²) in [6.07, 6.45) is -3.71. The van der Waals surface area contributed by atoms with Gasteiger partial charge in [0.25, 0.3) is 5.91 Å². The van der Waals surface area contributed by atoms with Gasteiger partial charge in [0.15, 0.2) is 0 Å². The van der Waals surface area contributed by atoms with Crippen molar-refractivity contribution >= 4 is 11.6 Å². The first-order valence-corrected chi connectivity index (χ1v) is 5.35. The van der Waals surface area contributed by atoms with E-state index in [2.05, 4.69) is 10.5 Å². The molecule has 0 fully saturated rings. The van der Waals surface area contributed by atoms with Gasteiger partial charge in [0.05, 0.1) is 5.56 Å². The van der Waals surface area contributed by atoms with Crippen LogP contribution in [-0.2, 0) is 6.18 Å². The number of alkyl halides is 3. The lowest BCUT2D eigenvalue weighted by Crippen LogP contribution is -2.19. The first-order valence-electron chi connectivity index (χ1n) is 5.35. The minimum atomic E-state index is -4.40.